The molecule has 0 radical (unpaired) electrons. The fourth-order valence-corrected chi connectivity index (χ4v) is 3.59. The summed E-state index contributed by atoms with van der Waals surface area (Å²) in [5.74, 6) is -0.378. The highest BCUT2D eigenvalue weighted by atomic mass is 32.2. The van der Waals surface area contributed by atoms with Crippen LogP contribution in [0.5, 0.6) is 0 Å². The third-order valence-corrected chi connectivity index (χ3v) is 5.55. The van der Waals surface area contributed by atoms with E-state index in [2.05, 4.69) is 0 Å². The topological polar surface area (TPSA) is 61.2 Å². The largest absolute Gasteiger partial charge is 0.244 e. The lowest BCUT2D eigenvalue weighted by Gasteiger charge is -2.25. The molecule has 0 aliphatic carbocycles. The Hall–Kier alpha value is -2.23. The summed E-state index contributed by atoms with van der Waals surface area (Å²) in [5, 5.41) is 9.08. The molecule has 114 valence electrons. The van der Waals surface area contributed by atoms with Gasteiger partial charge in [-0.3, -0.25) is 0 Å². The van der Waals surface area contributed by atoms with Crippen LogP contribution in [0, 0.1) is 17.1 Å². The number of hydrogen-bond acceptors (Lipinski definition) is 3. The SMILES string of the molecule is C[C@@H](c1ccc(F)cc1)N(C)S(=O)(=O)c1ccccc1C#N. The predicted molar refractivity (Wildman–Crippen MR) is 80.9 cm³/mol. The molecule has 22 heavy (non-hydrogen) atoms. The second-order valence-electron chi connectivity index (χ2n) is 4.86. The van der Waals surface area contributed by atoms with Gasteiger partial charge >= 0.3 is 0 Å². The number of nitrogens with zero attached hydrogens (tertiary/aromatic N) is 2. The second-order valence-corrected chi connectivity index (χ2v) is 6.82. The minimum Gasteiger partial charge on any atom is -0.207 e. The van der Waals surface area contributed by atoms with Crippen LogP contribution in [-0.2, 0) is 10.0 Å². The summed E-state index contributed by atoms with van der Waals surface area (Å²) in [4.78, 5) is -0.0334. The molecule has 0 unspecified atom stereocenters. The molecule has 0 N–H and O–H groups in total. The smallest absolute Gasteiger partial charge is 0.207 e. The molecule has 2 aromatic carbocycles. The van der Waals surface area contributed by atoms with Gasteiger partial charge in [-0.1, -0.05) is 24.3 Å². The normalized spacial score (nSPS) is 12.9. The maximum absolute atomic E-state index is 13.0. The van der Waals surface area contributed by atoms with Crippen molar-refractivity contribution in [3.63, 3.8) is 0 Å². The lowest BCUT2D eigenvalue weighted by atomic mass is 10.1. The molecule has 0 fully saturated rings. The first kappa shape index (κ1) is 16.1. The number of sulfonamides is 1. The fourth-order valence-electron chi connectivity index (χ4n) is 2.10. The third-order valence-electron chi connectivity index (χ3n) is 3.56. The van der Waals surface area contributed by atoms with Crippen molar-refractivity contribution in [2.45, 2.75) is 17.9 Å². The Kier molecular flexibility index (Phi) is 4.59. The molecule has 0 amide bonds. The van der Waals surface area contributed by atoms with Crippen LogP contribution in [0.3, 0.4) is 0 Å². The van der Waals surface area contributed by atoms with E-state index in [0.717, 1.165) is 0 Å². The summed E-state index contributed by atoms with van der Waals surface area (Å²) < 4.78 is 39.5. The molecule has 2 rings (SSSR count). The molecule has 0 saturated heterocycles. The molecule has 0 aliphatic heterocycles. The maximum atomic E-state index is 13.0. The first-order chi connectivity index (χ1) is 10.4. The van der Waals surface area contributed by atoms with Crippen LogP contribution in [0.4, 0.5) is 4.39 Å². The van der Waals surface area contributed by atoms with E-state index < -0.39 is 16.1 Å². The molecule has 2 aromatic rings. The zero-order valence-corrected chi connectivity index (χ0v) is 13.0. The minimum atomic E-state index is -3.82. The van der Waals surface area contributed by atoms with Crippen LogP contribution in [0.15, 0.2) is 53.4 Å². The average Bonchev–Trinajstić information content (AvgIpc) is 2.54. The third kappa shape index (κ3) is 3.01. The Morgan fingerprint density at radius 2 is 1.73 bits per heavy atom. The molecule has 0 heterocycles. The van der Waals surface area contributed by atoms with E-state index in [1.54, 1.807) is 31.2 Å². The Morgan fingerprint density at radius 1 is 1.14 bits per heavy atom. The molecule has 1 atom stereocenters. The maximum Gasteiger partial charge on any atom is 0.244 e. The van der Waals surface area contributed by atoms with Crippen LogP contribution in [0.25, 0.3) is 0 Å². The van der Waals surface area contributed by atoms with E-state index in [0.29, 0.717) is 5.56 Å². The van der Waals surface area contributed by atoms with Crippen LogP contribution in [0.2, 0.25) is 0 Å². The van der Waals surface area contributed by atoms with Crippen molar-refractivity contribution < 1.29 is 12.8 Å². The quantitative estimate of drug-likeness (QED) is 0.870. The highest BCUT2D eigenvalue weighted by Crippen LogP contribution is 2.27. The van der Waals surface area contributed by atoms with Crippen LogP contribution < -0.4 is 0 Å². The molecule has 0 aromatic heterocycles. The van der Waals surface area contributed by atoms with Crippen LogP contribution in [0.1, 0.15) is 24.1 Å². The summed E-state index contributed by atoms with van der Waals surface area (Å²) in [5.41, 5.74) is 0.766. The molecule has 6 heteroatoms. The predicted octanol–water partition coefficient (Wildman–Crippen LogP) is 3.08. The molecule has 0 bridgehead atoms. The Bertz CT molecular complexity index is 811. The number of nitriles is 1. The summed E-state index contributed by atoms with van der Waals surface area (Å²) in [6.07, 6.45) is 0. The average molecular weight is 318 g/mol. The highest BCUT2D eigenvalue weighted by Gasteiger charge is 2.28. The standard InChI is InChI=1S/C16H15FN2O2S/c1-12(13-7-9-15(17)10-8-13)19(2)22(20,21)16-6-4-3-5-14(16)11-18/h3-10,12H,1-2H3/t12-/m0/s1. The highest BCUT2D eigenvalue weighted by molar-refractivity contribution is 7.89. The monoisotopic (exact) mass is 318 g/mol. The summed E-state index contributed by atoms with van der Waals surface area (Å²) >= 11 is 0. The minimum absolute atomic E-state index is 0.0334. The summed E-state index contributed by atoms with van der Waals surface area (Å²) in [7, 11) is -2.38. The molecular formula is C16H15FN2O2S. The molecule has 0 saturated carbocycles. The fraction of sp³-hybridized carbons (Fsp3) is 0.188. The zero-order valence-electron chi connectivity index (χ0n) is 12.2. The van der Waals surface area contributed by atoms with Crippen molar-refractivity contribution in [1.82, 2.24) is 4.31 Å². The first-order valence-corrected chi connectivity index (χ1v) is 8.04. The van der Waals surface area contributed by atoms with E-state index in [1.165, 1.54) is 35.6 Å². The van der Waals surface area contributed by atoms with Crippen molar-refractivity contribution >= 4 is 10.0 Å². The second kappa shape index (κ2) is 6.26. The van der Waals surface area contributed by atoms with E-state index in [4.69, 9.17) is 5.26 Å². The van der Waals surface area contributed by atoms with Gasteiger partial charge < -0.3 is 0 Å². The van der Waals surface area contributed by atoms with Crippen molar-refractivity contribution in [1.29, 1.82) is 5.26 Å². The number of benzene rings is 2. The Balaban J connectivity index is 2.41. The van der Waals surface area contributed by atoms with Gasteiger partial charge in [0.25, 0.3) is 0 Å². The Labute approximate surface area is 129 Å². The van der Waals surface area contributed by atoms with Gasteiger partial charge in [-0.25, -0.2) is 12.8 Å². The summed E-state index contributed by atoms with van der Waals surface area (Å²) in [6.45, 7) is 1.71. The molecule has 0 spiro atoms. The van der Waals surface area contributed by atoms with E-state index >= 15 is 0 Å². The lowest BCUT2D eigenvalue weighted by Crippen LogP contribution is -2.30. The first-order valence-electron chi connectivity index (χ1n) is 6.60. The number of rotatable bonds is 4. The summed E-state index contributed by atoms with van der Waals surface area (Å²) in [6, 6.07) is 13.1. The number of hydrogen-bond donors (Lipinski definition) is 0. The Morgan fingerprint density at radius 3 is 2.32 bits per heavy atom. The molecular weight excluding hydrogens is 303 g/mol. The molecule has 4 nitrogen and oxygen atoms in total. The zero-order chi connectivity index (χ0) is 16.3. The van der Waals surface area contributed by atoms with E-state index in [9.17, 15) is 12.8 Å². The van der Waals surface area contributed by atoms with Gasteiger partial charge in [0.2, 0.25) is 10.0 Å². The van der Waals surface area contributed by atoms with Gasteiger partial charge in [0, 0.05) is 13.1 Å². The van der Waals surface area contributed by atoms with Gasteiger partial charge in [-0.2, -0.15) is 9.57 Å². The van der Waals surface area contributed by atoms with Gasteiger partial charge in [0.05, 0.1) is 10.5 Å². The van der Waals surface area contributed by atoms with Crippen molar-refractivity contribution in [3.05, 3.63) is 65.5 Å². The van der Waals surface area contributed by atoms with E-state index in [1.807, 2.05) is 6.07 Å². The van der Waals surface area contributed by atoms with Gasteiger partial charge in [0.15, 0.2) is 0 Å². The van der Waals surface area contributed by atoms with Gasteiger partial charge in [-0.15, -0.1) is 0 Å². The van der Waals surface area contributed by atoms with Gasteiger partial charge in [0.1, 0.15) is 11.9 Å². The van der Waals surface area contributed by atoms with Crippen LogP contribution >= 0.6 is 0 Å². The van der Waals surface area contributed by atoms with Crippen molar-refractivity contribution in [2.75, 3.05) is 7.05 Å². The lowest BCUT2D eigenvalue weighted by molar-refractivity contribution is 0.398. The molecule has 0 aliphatic rings. The number of halogens is 1. The van der Waals surface area contributed by atoms with Gasteiger partial charge in [-0.05, 0) is 36.8 Å². The van der Waals surface area contributed by atoms with Crippen molar-refractivity contribution in [3.8, 4) is 6.07 Å². The van der Waals surface area contributed by atoms with Crippen LogP contribution in [-0.4, -0.2) is 19.8 Å². The van der Waals surface area contributed by atoms with Crippen molar-refractivity contribution in [2.24, 2.45) is 0 Å². The van der Waals surface area contributed by atoms with E-state index in [-0.39, 0.29) is 16.3 Å².